The maximum Gasteiger partial charge on any atom is 0.237 e. The number of methoxy groups -OCH3 is 1. The number of carbonyl (C=O) groups is 2. The van der Waals surface area contributed by atoms with Crippen molar-refractivity contribution in [3.8, 4) is 5.75 Å². The number of amides is 1. The molecule has 4 nitrogen and oxygen atoms in total. The standard InChI is InChI=1S/C16H21NO3/c1-11(2)15(18)12-7-6-10-17(16(12)19)13-8-4-5-9-14(13)20-3/h4-5,8-9,11-12H,6-7,10H2,1-3H3. The van der Waals surface area contributed by atoms with Gasteiger partial charge in [-0.05, 0) is 25.0 Å². The number of ketones is 1. The third-order valence-corrected chi connectivity index (χ3v) is 3.73. The summed E-state index contributed by atoms with van der Waals surface area (Å²) in [4.78, 5) is 26.4. The summed E-state index contributed by atoms with van der Waals surface area (Å²) in [5, 5.41) is 0. The molecule has 1 fully saturated rings. The van der Waals surface area contributed by atoms with E-state index >= 15 is 0 Å². The first-order valence-electron chi connectivity index (χ1n) is 7.04. The Kier molecular flexibility index (Phi) is 4.42. The lowest BCUT2D eigenvalue weighted by atomic mass is 9.87. The van der Waals surface area contributed by atoms with Crippen LogP contribution in [-0.4, -0.2) is 25.3 Å². The predicted octanol–water partition coefficient (Wildman–Crippen LogP) is 2.66. The Hall–Kier alpha value is -1.84. The smallest absolute Gasteiger partial charge is 0.237 e. The average Bonchev–Trinajstić information content (AvgIpc) is 2.46. The van der Waals surface area contributed by atoms with Crippen LogP contribution in [0.2, 0.25) is 0 Å². The van der Waals surface area contributed by atoms with Crippen LogP contribution in [-0.2, 0) is 9.59 Å². The number of Topliss-reactive ketones (excluding diaryl/α,β-unsaturated/α-hetero) is 1. The highest BCUT2D eigenvalue weighted by molar-refractivity contribution is 6.10. The first-order chi connectivity index (χ1) is 9.56. The molecule has 0 aromatic heterocycles. The molecule has 0 spiro atoms. The zero-order chi connectivity index (χ0) is 14.7. The molecule has 2 rings (SSSR count). The number of hydrogen-bond acceptors (Lipinski definition) is 3. The topological polar surface area (TPSA) is 46.6 Å². The Morgan fingerprint density at radius 3 is 2.70 bits per heavy atom. The molecule has 20 heavy (non-hydrogen) atoms. The number of piperidine rings is 1. The van der Waals surface area contributed by atoms with Crippen molar-refractivity contribution in [1.29, 1.82) is 0 Å². The Morgan fingerprint density at radius 2 is 2.05 bits per heavy atom. The van der Waals surface area contributed by atoms with E-state index in [-0.39, 0.29) is 17.6 Å². The van der Waals surface area contributed by atoms with Crippen molar-refractivity contribution in [3.05, 3.63) is 24.3 Å². The molecule has 1 atom stereocenters. The zero-order valence-corrected chi connectivity index (χ0v) is 12.3. The molecule has 1 aromatic carbocycles. The molecule has 1 unspecified atom stereocenters. The second-order valence-corrected chi connectivity index (χ2v) is 5.41. The van der Waals surface area contributed by atoms with Crippen molar-refractivity contribution in [2.45, 2.75) is 26.7 Å². The second kappa shape index (κ2) is 6.07. The predicted molar refractivity (Wildman–Crippen MR) is 77.9 cm³/mol. The SMILES string of the molecule is COc1ccccc1N1CCCC(C(=O)C(C)C)C1=O. The molecular formula is C16H21NO3. The summed E-state index contributed by atoms with van der Waals surface area (Å²) in [5.74, 6) is -0.0113. The van der Waals surface area contributed by atoms with Crippen LogP contribution in [0.1, 0.15) is 26.7 Å². The van der Waals surface area contributed by atoms with Gasteiger partial charge in [-0.3, -0.25) is 9.59 Å². The van der Waals surface area contributed by atoms with Crippen molar-refractivity contribution >= 4 is 17.4 Å². The van der Waals surface area contributed by atoms with Crippen LogP contribution in [0, 0.1) is 11.8 Å². The Labute approximate surface area is 119 Å². The Balaban J connectivity index is 2.29. The number of ether oxygens (including phenoxy) is 1. The number of carbonyl (C=O) groups excluding carboxylic acids is 2. The van der Waals surface area contributed by atoms with E-state index in [9.17, 15) is 9.59 Å². The van der Waals surface area contributed by atoms with Crippen LogP contribution < -0.4 is 9.64 Å². The number of benzene rings is 1. The highest BCUT2D eigenvalue weighted by Gasteiger charge is 2.36. The average molecular weight is 275 g/mol. The molecule has 1 aliphatic rings. The van der Waals surface area contributed by atoms with Crippen LogP contribution in [0.25, 0.3) is 0 Å². The number of nitrogens with zero attached hydrogens (tertiary/aromatic N) is 1. The molecule has 0 N–H and O–H groups in total. The maximum atomic E-state index is 12.6. The number of anilines is 1. The molecule has 1 heterocycles. The Bertz CT molecular complexity index is 510. The van der Waals surface area contributed by atoms with Gasteiger partial charge in [-0.2, -0.15) is 0 Å². The molecule has 1 aliphatic heterocycles. The van der Waals surface area contributed by atoms with E-state index in [0.29, 0.717) is 18.7 Å². The van der Waals surface area contributed by atoms with Gasteiger partial charge in [0.1, 0.15) is 11.5 Å². The normalized spacial score (nSPS) is 19.3. The minimum atomic E-state index is -0.506. The minimum Gasteiger partial charge on any atom is -0.495 e. The third kappa shape index (κ3) is 2.69. The van der Waals surface area contributed by atoms with Gasteiger partial charge in [0.15, 0.2) is 0 Å². The fourth-order valence-corrected chi connectivity index (χ4v) is 2.63. The molecular weight excluding hydrogens is 254 g/mol. The van der Waals surface area contributed by atoms with Crippen molar-refractivity contribution in [2.75, 3.05) is 18.6 Å². The lowest BCUT2D eigenvalue weighted by Crippen LogP contribution is -2.45. The van der Waals surface area contributed by atoms with E-state index in [1.807, 2.05) is 38.1 Å². The quantitative estimate of drug-likeness (QED) is 0.794. The summed E-state index contributed by atoms with van der Waals surface area (Å²) < 4.78 is 5.31. The summed E-state index contributed by atoms with van der Waals surface area (Å²) >= 11 is 0. The zero-order valence-electron chi connectivity index (χ0n) is 12.3. The summed E-state index contributed by atoms with van der Waals surface area (Å²) in [6.45, 7) is 4.33. The van der Waals surface area contributed by atoms with Crippen LogP contribution in [0.15, 0.2) is 24.3 Å². The van der Waals surface area contributed by atoms with E-state index in [1.165, 1.54) is 0 Å². The first-order valence-corrected chi connectivity index (χ1v) is 7.04. The van der Waals surface area contributed by atoms with Crippen molar-refractivity contribution < 1.29 is 14.3 Å². The van der Waals surface area contributed by atoms with Gasteiger partial charge in [0.2, 0.25) is 5.91 Å². The molecule has 1 aromatic rings. The van der Waals surface area contributed by atoms with E-state index in [4.69, 9.17) is 4.74 Å². The molecule has 0 radical (unpaired) electrons. The summed E-state index contributed by atoms with van der Waals surface area (Å²) in [6, 6.07) is 7.43. The molecule has 0 saturated carbocycles. The molecule has 4 heteroatoms. The lowest BCUT2D eigenvalue weighted by molar-refractivity contribution is -0.135. The summed E-state index contributed by atoms with van der Waals surface area (Å²) in [6.07, 6.45) is 1.49. The van der Waals surface area contributed by atoms with Gasteiger partial charge in [-0.15, -0.1) is 0 Å². The van der Waals surface area contributed by atoms with Crippen LogP contribution in [0.4, 0.5) is 5.69 Å². The fraction of sp³-hybridized carbons (Fsp3) is 0.500. The second-order valence-electron chi connectivity index (χ2n) is 5.41. The lowest BCUT2D eigenvalue weighted by Gasteiger charge is -2.33. The van der Waals surface area contributed by atoms with E-state index in [2.05, 4.69) is 0 Å². The van der Waals surface area contributed by atoms with Gasteiger partial charge < -0.3 is 9.64 Å². The van der Waals surface area contributed by atoms with E-state index in [0.717, 1.165) is 12.1 Å². The minimum absolute atomic E-state index is 0.0367. The highest BCUT2D eigenvalue weighted by Crippen LogP contribution is 2.32. The summed E-state index contributed by atoms with van der Waals surface area (Å²) in [7, 11) is 1.59. The van der Waals surface area contributed by atoms with Crippen LogP contribution in [0.3, 0.4) is 0 Å². The molecule has 1 amide bonds. The van der Waals surface area contributed by atoms with Crippen LogP contribution in [0.5, 0.6) is 5.75 Å². The molecule has 1 saturated heterocycles. The first kappa shape index (κ1) is 14.6. The maximum absolute atomic E-state index is 12.6. The summed E-state index contributed by atoms with van der Waals surface area (Å²) in [5.41, 5.74) is 0.751. The molecule has 108 valence electrons. The van der Waals surface area contributed by atoms with Gasteiger partial charge in [-0.1, -0.05) is 26.0 Å². The van der Waals surface area contributed by atoms with E-state index in [1.54, 1.807) is 12.0 Å². The van der Waals surface area contributed by atoms with Gasteiger partial charge >= 0.3 is 0 Å². The van der Waals surface area contributed by atoms with Crippen molar-refractivity contribution in [2.24, 2.45) is 11.8 Å². The highest BCUT2D eigenvalue weighted by atomic mass is 16.5. The monoisotopic (exact) mass is 275 g/mol. The fourth-order valence-electron chi connectivity index (χ4n) is 2.63. The number of hydrogen-bond donors (Lipinski definition) is 0. The van der Waals surface area contributed by atoms with Gasteiger partial charge in [0, 0.05) is 12.5 Å². The Morgan fingerprint density at radius 1 is 1.35 bits per heavy atom. The van der Waals surface area contributed by atoms with Gasteiger partial charge in [0.05, 0.1) is 18.7 Å². The molecule has 0 bridgehead atoms. The third-order valence-electron chi connectivity index (χ3n) is 3.73. The van der Waals surface area contributed by atoms with Crippen molar-refractivity contribution in [3.63, 3.8) is 0 Å². The largest absolute Gasteiger partial charge is 0.495 e. The van der Waals surface area contributed by atoms with Gasteiger partial charge in [0.25, 0.3) is 0 Å². The number of rotatable bonds is 4. The van der Waals surface area contributed by atoms with E-state index < -0.39 is 5.92 Å². The van der Waals surface area contributed by atoms with Crippen molar-refractivity contribution in [1.82, 2.24) is 0 Å². The number of para-hydroxylation sites is 2. The van der Waals surface area contributed by atoms with Crippen LogP contribution >= 0.6 is 0 Å². The van der Waals surface area contributed by atoms with Gasteiger partial charge in [-0.25, -0.2) is 0 Å². The molecule has 0 aliphatic carbocycles.